The zero-order valence-electron chi connectivity index (χ0n) is 19.8. The maximum Gasteiger partial charge on any atom is 0.307 e. The van der Waals surface area contributed by atoms with Crippen LogP contribution in [0.4, 0.5) is 16.6 Å². The Balaban J connectivity index is 1.37. The Labute approximate surface area is 217 Å². The summed E-state index contributed by atoms with van der Waals surface area (Å²) in [5.74, 6) is -1.45. The fourth-order valence-electron chi connectivity index (χ4n) is 3.75. The average Bonchev–Trinajstić information content (AvgIpc) is 3.24. The van der Waals surface area contributed by atoms with Gasteiger partial charge in [-0.1, -0.05) is 48.9 Å². The molecule has 0 aliphatic heterocycles. The first-order valence-electron chi connectivity index (χ1n) is 11.4. The number of pyridine rings is 1. The summed E-state index contributed by atoms with van der Waals surface area (Å²) in [4.78, 5) is 32.5. The van der Waals surface area contributed by atoms with Crippen LogP contribution in [-0.4, -0.2) is 27.0 Å². The fourth-order valence-corrected chi connectivity index (χ4v) is 4.91. The zero-order valence-corrected chi connectivity index (χ0v) is 21.4. The number of benzene rings is 2. The second kappa shape index (κ2) is 11.4. The largest absolute Gasteiger partial charge is 0.481 e. The number of anilines is 3. The smallest absolute Gasteiger partial charge is 0.307 e. The van der Waals surface area contributed by atoms with Crippen LogP contribution in [0.25, 0.3) is 21.3 Å². The second-order valence-electron chi connectivity index (χ2n) is 8.81. The molecule has 4 rings (SSSR count). The van der Waals surface area contributed by atoms with Gasteiger partial charge in [0.2, 0.25) is 5.91 Å². The third-order valence-electron chi connectivity index (χ3n) is 5.45. The van der Waals surface area contributed by atoms with Gasteiger partial charge in [-0.25, -0.2) is 9.97 Å². The third kappa shape index (κ3) is 6.71. The lowest BCUT2D eigenvalue weighted by molar-refractivity contribution is -0.144. The van der Waals surface area contributed by atoms with Gasteiger partial charge in [-0.05, 0) is 65.9 Å². The molecule has 36 heavy (non-hydrogen) atoms. The number of hydrogen-bond acceptors (Lipinski definition) is 7. The molecular formula is C26H26ClN5O3S. The lowest BCUT2D eigenvalue weighted by Crippen LogP contribution is -2.33. The minimum atomic E-state index is -0.968. The monoisotopic (exact) mass is 523 g/mol. The number of rotatable bonds is 10. The first kappa shape index (κ1) is 25.4. The lowest BCUT2D eigenvalue weighted by Gasteiger charge is -2.15. The number of hydrazine groups is 1. The molecule has 0 aliphatic carbocycles. The molecule has 1 atom stereocenters. The number of halogens is 1. The van der Waals surface area contributed by atoms with Gasteiger partial charge in [0.25, 0.3) is 0 Å². The molecular weight excluding hydrogens is 498 g/mol. The number of fused-ring (bicyclic) bond motifs is 1. The first-order valence-corrected chi connectivity index (χ1v) is 12.6. The summed E-state index contributed by atoms with van der Waals surface area (Å²) < 4.78 is 1.02. The predicted octanol–water partition coefficient (Wildman–Crippen LogP) is 6.34. The molecule has 2 heterocycles. The van der Waals surface area contributed by atoms with Gasteiger partial charge in [0.1, 0.15) is 5.82 Å². The standard InChI is InChI=1S/C26H26ClN5O3S/c1-15(2)11-18(25(34)35)13-24(33)32-31-23-12-17(9-10-28-23)16-3-6-20(7-4-16)29-26-30-21-8-5-19(27)14-22(21)36-26/h3-10,12,14-15,18H,11,13H2,1-2H3,(H,28,31)(H,29,30)(H,32,33)(H,34,35)/t18-/m1/s1. The Morgan fingerprint density at radius 2 is 1.83 bits per heavy atom. The van der Waals surface area contributed by atoms with Crippen molar-refractivity contribution < 1.29 is 14.7 Å². The number of thiazole rings is 1. The van der Waals surface area contributed by atoms with Gasteiger partial charge in [-0.15, -0.1) is 0 Å². The zero-order chi connectivity index (χ0) is 25.7. The Morgan fingerprint density at radius 1 is 1.06 bits per heavy atom. The Hall–Kier alpha value is -3.69. The molecule has 4 N–H and O–H groups in total. The van der Waals surface area contributed by atoms with Crippen molar-refractivity contribution in [2.45, 2.75) is 26.7 Å². The van der Waals surface area contributed by atoms with E-state index < -0.39 is 17.8 Å². The summed E-state index contributed by atoms with van der Waals surface area (Å²) in [7, 11) is 0. The van der Waals surface area contributed by atoms with E-state index in [0.29, 0.717) is 17.3 Å². The number of carboxylic acid groups (broad SMARTS) is 1. The molecule has 0 spiro atoms. The van der Waals surface area contributed by atoms with E-state index in [-0.39, 0.29) is 12.3 Å². The number of nitrogens with zero attached hydrogens (tertiary/aromatic N) is 2. The number of hydrogen-bond donors (Lipinski definition) is 4. The molecule has 0 saturated carbocycles. The van der Waals surface area contributed by atoms with E-state index in [1.54, 1.807) is 6.20 Å². The molecule has 186 valence electrons. The van der Waals surface area contributed by atoms with E-state index in [1.165, 1.54) is 11.3 Å². The molecule has 0 bridgehead atoms. The van der Waals surface area contributed by atoms with Crippen LogP contribution < -0.4 is 16.2 Å². The number of aliphatic carboxylic acids is 1. The van der Waals surface area contributed by atoms with Gasteiger partial charge >= 0.3 is 5.97 Å². The van der Waals surface area contributed by atoms with Crippen molar-refractivity contribution in [1.82, 2.24) is 15.4 Å². The number of carbonyl (C=O) groups is 2. The Morgan fingerprint density at radius 3 is 2.56 bits per heavy atom. The van der Waals surface area contributed by atoms with Gasteiger partial charge in [-0.3, -0.25) is 20.4 Å². The van der Waals surface area contributed by atoms with Crippen molar-refractivity contribution >= 4 is 61.7 Å². The maximum atomic E-state index is 12.2. The molecule has 0 fully saturated rings. The highest BCUT2D eigenvalue weighted by Crippen LogP contribution is 2.31. The normalized spacial score (nSPS) is 11.9. The van der Waals surface area contributed by atoms with Crippen molar-refractivity contribution in [3.63, 3.8) is 0 Å². The summed E-state index contributed by atoms with van der Waals surface area (Å²) in [6.07, 6.45) is 1.98. The summed E-state index contributed by atoms with van der Waals surface area (Å²) >= 11 is 7.60. The topological polar surface area (TPSA) is 116 Å². The van der Waals surface area contributed by atoms with E-state index in [2.05, 4.69) is 26.1 Å². The fraction of sp³-hybridized carbons (Fsp3) is 0.231. The highest BCUT2D eigenvalue weighted by atomic mass is 35.5. The Kier molecular flexibility index (Phi) is 8.02. The van der Waals surface area contributed by atoms with Crippen LogP contribution in [-0.2, 0) is 9.59 Å². The molecule has 0 aliphatic rings. The molecule has 2 aromatic heterocycles. The van der Waals surface area contributed by atoms with E-state index in [9.17, 15) is 14.7 Å². The number of carbonyl (C=O) groups excluding carboxylic acids is 1. The first-order chi connectivity index (χ1) is 17.3. The van der Waals surface area contributed by atoms with Crippen molar-refractivity contribution in [3.05, 3.63) is 65.8 Å². The van der Waals surface area contributed by atoms with Crippen LogP contribution >= 0.6 is 22.9 Å². The lowest BCUT2D eigenvalue weighted by atomic mass is 9.94. The molecule has 4 aromatic rings. The quantitative estimate of drug-likeness (QED) is 0.179. The third-order valence-corrected chi connectivity index (χ3v) is 6.62. The van der Waals surface area contributed by atoms with Crippen LogP contribution in [0, 0.1) is 11.8 Å². The molecule has 0 saturated heterocycles. The minimum Gasteiger partial charge on any atom is -0.481 e. The highest BCUT2D eigenvalue weighted by Gasteiger charge is 2.22. The van der Waals surface area contributed by atoms with E-state index in [1.807, 2.05) is 68.4 Å². The van der Waals surface area contributed by atoms with Gasteiger partial charge in [0.15, 0.2) is 5.13 Å². The van der Waals surface area contributed by atoms with Crippen LogP contribution in [0.5, 0.6) is 0 Å². The van der Waals surface area contributed by atoms with E-state index >= 15 is 0 Å². The molecule has 0 radical (unpaired) electrons. The summed E-state index contributed by atoms with van der Waals surface area (Å²) in [6, 6.07) is 17.2. The Bertz CT molecular complexity index is 1370. The number of aromatic nitrogens is 2. The van der Waals surface area contributed by atoms with Crippen molar-refractivity contribution in [2.24, 2.45) is 11.8 Å². The number of nitrogens with one attached hydrogen (secondary N) is 3. The van der Waals surface area contributed by atoms with Crippen molar-refractivity contribution in [3.8, 4) is 11.1 Å². The number of amides is 1. The van der Waals surface area contributed by atoms with Crippen molar-refractivity contribution in [2.75, 3.05) is 10.7 Å². The molecule has 1 amide bonds. The van der Waals surface area contributed by atoms with Gasteiger partial charge in [0, 0.05) is 23.3 Å². The SMILES string of the molecule is CC(C)C[C@H](CC(=O)NNc1cc(-c2ccc(Nc3nc4ccc(Cl)cc4s3)cc2)ccn1)C(=O)O. The minimum absolute atomic E-state index is 0.101. The van der Waals surface area contributed by atoms with Crippen LogP contribution in [0.2, 0.25) is 5.02 Å². The second-order valence-corrected chi connectivity index (χ2v) is 10.3. The predicted molar refractivity (Wildman–Crippen MR) is 145 cm³/mol. The van der Waals surface area contributed by atoms with Crippen LogP contribution in [0.15, 0.2) is 60.8 Å². The number of carboxylic acids is 1. The summed E-state index contributed by atoms with van der Waals surface area (Å²) in [5, 5.41) is 14.1. The summed E-state index contributed by atoms with van der Waals surface area (Å²) in [6.45, 7) is 3.86. The van der Waals surface area contributed by atoms with Gasteiger partial charge < -0.3 is 10.4 Å². The van der Waals surface area contributed by atoms with Crippen LogP contribution in [0.3, 0.4) is 0 Å². The van der Waals surface area contributed by atoms with E-state index in [0.717, 1.165) is 32.2 Å². The van der Waals surface area contributed by atoms with Crippen LogP contribution in [0.1, 0.15) is 26.7 Å². The molecule has 8 nitrogen and oxygen atoms in total. The van der Waals surface area contributed by atoms with Crippen molar-refractivity contribution in [1.29, 1.82) is 0 Å². The van der Waals surface area contributed by atoms with Gasteiger partial charge in [0.05, 0.1) is 16.1 Å². The summed E-state index contributed by atoms with van der Waals surface area (Å²) in [5.41, 5.74) is 9.00. The molecule has 2 aromatic carbocycles. The molecule has 10 heteroatoms. The highest BCUT2D eigenvalue weighted by molar-refractivity contribution is 7.22. The van der Waals surface area contributed by atoms with Gasteiger partial charge in [-0.2, -0.15) is 0 Å². The van der Waals surface area contributed by atoms with E-state index in [4.69, 9.17) is 11.6 Å². The molecule has 0 unspecified atom stereocenters. The average molecular weight is 524 g/mol. The maximum absolute atomic E-state index is 12.2.